The van der Waals surface area contributed by atoms with E-state index in [2.05, 4.69) is 0 Å². The summed E-state index contributed by atoms with van der Waals surface area (Å²) in [5.74, 6) is 3.47. The minimum atomic E-state index is -4.50. The molecule has 0 heterocycles. The zero-order valence-electron chi connectivity index (χ0n) is 63.0. The molecule has 0 fully saturated rings. The van der Waals surface area contributed by atoms with Crippen LogP contribution in [0.1, 0.15) is 56.9 Å². The fraction of sp³-hybridized carbons (Fsp3) is 0.153. The van der Waals surface area contributed by atoms with Crippen molar-refractivity contribution in [1.29, 1.82) is 0 Å². The number of alkyl halides is 15. The molecule has 3 atom stereocenters. The van der Waals surface area contributed by atoms with E-state index in [-0.39, 0.29) is 98.4 Å². The fourth-order valence-electron chi connectivity index (χ4n) is 10.4. The molecule has 32 heteroatoms. The van der Waals surface area contributed by atoms with Gasteiger partial charge in [-0.05, 0) is 307 Å². The maximum absolute atomic E-state index is 13.3. The van der Waals surface area contributed by atoms with Gasteiger partial charge in [-0.25, -0.2) is 4.39 Å². The summed E-state index contributed by atoms with van der Waals surface area (Å²) in [6.45, 7) is 8.56. The largest absolute Gasteiger partial charge is 1.00 e. The van der Waals surface area contributed by atoms with E-state index in [4.69, 9.17) is 33.5 Å². The van der Waals surface area contributed by atoms with Crippen molar-refractivity contribution in [2.75, 3.05) is 13.2 Å². The van der Waals surface area contributed by atoms with Crippen LogP contribution in [0.3, 0.4) is 0 Å². The Hall–Kier alpha value is -8.55. The van der Waals surface area contributed by atoms with Crippen LogP contribution in [0.4, 0.5) is 70.2 Å². The van der Waals surface area contributed by atoms with E-state index in [1.165, 1.54) is 72.8 Å². The van der Waals surface area contributed by atoms with Crippen molar-refractivity contribution >= 4 is 57.5 Å². The first-order valence-electron chi connectivity index (χ1n) is 33.8. The van der Waals surface area contributed by atoms with Gasteiger partial charge in [0, 0.05) is 13.2 Å². The summed E-state index contributed by atoms with van der Waals surface area (Å²) in [5, 5.41) is 18.4. The molecule has 0 saturated heterocycles. The minimum absolute atomic E-state index is 0. The van der Waals surface area contributed by atoms with Gasteiger partial charge < -0.3 is 64.9 Å². The molecule has 0 spiro atoms. The Morgan fingerprint density at radius 2 is 0.462 bits per heavy atom. The SMILES string of the molecule is CCOC(C)Oc1ccc(O)cc1.CCOC(C)Oc1ccc(Oc2ccc([S+](c3ccc(C(F)(F)F)cc3)c3ccc(C(F)(F)F)cc3)cc2)cc1.Cl.Cl.Fc1ccc([S+](c2ccc(C(F)(F)F)cc2)c2ccc(C(F)(F)F)cc2)cc1.Oc1ccc(Oc2ccc([S+](c3ccccc3)c3ccc(C(F)(F)F)cc3)cc2)cc1.[Cl-].[Cl-].[H-].[Na+]. The molecule has 8 nitrogen and oxygen atoms in total. The number of hydrogen-bond donors (Lipinski definition) is 2. The van der Waals surface area contributed by atoms with E-state index < -0.39 is 103 Å². The summed E-state index contributed by atoms with van der Waals surface area (Å²) in [5.41, 5.74) is -3.93. The Bertz CT molecular complexity index is 4760. The Morgan fingerprint density at radius 1 is 0.282 bits per heavy atom. The van der Waals surface area contributed by atoms with Gasteiger partial charge in [0.05, 0.1) is 60.5 Å². The molecule has 0 radical (unpaired) electrons. The summed E-state index contributed by atoms with van der Waals surface area (Å²) in [6.07, 6.45) is -23.0. The summed E-state index contributed by atoms with van der Waals surface area (Å²) in [7, 11) is -2.53. The predicted molar refractivity (Wildman–Crippen MR) is 411 cm³/mol. The molecule has 0 aromatic heterocycles. The zero-order chi connectivity index (χ0) is 81.0. The molecule has 0 aliphatic rings. The van der Waals surface area contributed by atoms with Crippen molar-refractivity contribution in [3.63, 3.8) is 0 Å². The fourth-order valence-corrected chi connectivity index (χ4v) is 16.5. The van der Waals surface area contributed by atoms with Gasteiger partial charge in [-0.1, -0.05) is 18.2 Å². The Kier molecular flexibility index (Phi) is 39.8. The molecule has 0 aliphatic carbocycles. The topological polar surface area (TPSA) is 95.8 Å². The third-order valence-corrected chi connectivity index (χ3v) is 22.3. The summed E-state index contributed by atoms with van der Waals surface area (Å²) in [4.78, 5) is 6.03. The number of halogens is 20. The smallest absolute Gasteiger partial charge is 1.00 e. The average Bonchev–Trinajstić information content (AvgIpc) is 0.774. The zero-order valence-corrected chi connectivity index (χ0v) is 69.6. The summed E-state index contributed by atoms with van der Waals surface area (Å²) < 4.78 is 241. The van der Waals surface area contributed by atoms with E-state index in [1.54, 1.807) is 116 Å². The van der Waals surface area contributed by atoms with Crippen molar-refractivity contribution in [2.24, 2.45) is 0 Å². The van der Waals surface area contributed by atoms with Crippen LogP contribution >= 0.6 is 24.8 Å². The van der Waals surface area contributed by atoms with Crippen molar-refractivity contribution in [2.45, 2.75) is 115 Å². The van der Waals surface area contributed by atoms with Gasteiger partial charge in [0.2, 0.25) is 0 Å². The van der Waals surface area contributed by atoms with E-state index >= 15 is 0 Å². The molecule has 0 saturated carbocycles. The van der Waals surface area contributed by atoms with Crippen LogP contribution in [0, 0.1) is 5.82 Å². The molecular formula is C85H72Cl4F16NaO8S3+. The van der Waals surface area contributed by atoms with Gasteiger partial charge in [-0.15, -0.1) is 24.8 Å². The van der Waals surface area contributed by atoms with Crippen LogP contribution in [0.5, 0.6) is 46.0 Å². The first kappa shape index (κ1) is 101. The first-order chi connectivity index (χ1) is 53.1. The quantitative estimate of drug-likeness (QED) is 0.0318. The molecule has 0 aliphatic heterocycles. The van der Waals surface area contributed by atoms with Gasteiger partial charge in [0.1, 0.15) is 51.8 Å². The standard InChI is InChI=1S/C30H25F6O3S.C25H17F3O2S.C20H12F7S.C10H14O3.4ClH.Na.H/c1-3-37-20(2)38-23-8-10-24(11-9-23)39-25-12-18-28(19-13-25)40(26-14-4-21(5-15-26)29(31,32)33)27-16-6-22(7-17-27)30(34,35)36;26-25(27,28)18-6-14-23(15-7-18)31(22-4-2-1-3-5-22)24-16-12-21(13-17-24)30-20-10-8-19(29)9-11-20;21-15-5-11-18(12-6-15)28(16-7-1-13(2-8-16)19(22,23)24)17-9-3-14(4-10-17)20(25,26)27;1-3-12-8(2)13-10-6-4-9(11)5-7-10;;;;;;/h4-20H,3H2,1-2H3;1-17H;1-12H;4-8,11H,3H2,1-2H3;4*1H;;/q+1;;+1;;;;;;+1;-1/p-1. The summed E-state index contributed by atoms with van der Waals surface area (Å²) in [6, 6.07) is 72.8. The number of rotatable bonds is 21. The number of phenols is 2. The van der Waals surface area contributed by atoms with Crippen LogP contribution < -0.4 is 73.3 Å². The van der Waals surface area contributed by atoms with Crippen LogP contribution in [-0.2, 0) is 73.0 Å². The monoisotopic (exact) mass is 1780 g/mol. The average molecular weight is 1790 g/mol. The number of aromatic hydroxyl groups is 2. The van der Waals surface area contributed by atoms with Crippen molar-refractivity contribution in [3.05, 3.63) is 331 Å². The first-order valence-corrected chi connectivity index (χ1v) is 37.5. The second-order valence-corrected chi connectivity index (χ2v) is 29.8. The van der Waals surface area contributed by atoms with Gasteiger partial charge >= 0.3 is 60.4 Å². The maximum Gasteiger partial charge on any atom is 1.00 e. The van der Waals surface area contributed by atoms with Gasteiger partial charge in [-0.2, -0.15) is 65.9 Å². The van der Waals surface area contributed by atoms with E-state index in [0.29, 0.717) is 77.1 Å². The molecule has 0 amide bonds. The summed E-state index contributed by atoms with van der Waals surface area (Å²) >= 11 is 0. The molecule has 12 aromatic rings. The third kappa shape index (κ3) is 30.6. The second kappa shape index (κ2) is 46.1. The Labute approximate surface area is 722 Å². The number of phenolic OH excluding ortho intramolecular Hbond substituents is 2. The second-order valence-electron chi connectivity index (χ2n) is 23.7. The van der Waals surface area contributed by atoms with Crippen LogP contribution in [-0.4, -0.2) is 36.0 Å². The predicted octanol–water partition coefficient (Wildman–Crippen LogP) is 17.8. The Morgan fingerprint density at radius 3 is 0.684 bits per heavy atom. The van der Waals surface area contributed by atoms with E-state index in [0.717, 1.165) is 75.4 Å². The van der Waals surface area contributed by atoms with E-state index in [1.807, 2.05) is 75.4 Å². The molecule has 2 N–H and O–H groups in total. The third-order valence-electron chi connectivity index (χ3n) is 15.6. The molecule has 0 bridgehead atoms. The maximum atomic E-state index is 13.3. The normalized spacial score (nSPS) is 12.0. The van der Waals surface area contributed by atoms with Crippen LogP contribution in [0.15, 0.2) is 341 Å². The molecular weight excluding hydrogens is 1710 g/mol. The molecule has 3 unspecified atom stereocenters. The van der Waals surface area contributed by atoms with Gasteiger partial charge in [0.25, 0.3) is 0 Å². The van der Waals surface area contributed by atoms with Crippen molar-refractivity contribution in [1.82, 2.24) is 0 Å². The van der Waals surface area contributed by atoms with Crippen molar-refractivity contribution in [3.8, 4) is 46.0 Å². The van der Waals surface area contributed by atoms with Gasteiger partial charge in [0.15, 0.2) is 56.6 Å². The number of ether oxygens (including phenoxy) is 6. The minimum Gasteiger partial charge on any atom is -1.00 e. The molecule has 117 heavy (non-hydrogen) atoms. The van der Waals surface area contributed by atoms with E-state index in [9.17, 15) is 75.4 Å². The number of benzene rings is 12. The van der Waals surface area contributed by atoms with Crippen LogP contribution in [0.25, 0.3) is 0 Å². The Balaban J connectivity index is 0.000000420. The molecule has 618 valence electrons. The van der Waals surface area contributed by atoms with Gasteiger partial charge in [-0.3, -0.25) is 0 Å². The van der Waals surface area contributed by atoms with Crippen molar-refractivity contribution < 1.29 is 165 Å². The number of hydrogen-bond acceptors (Lipinski definition) is 8. The molecule has 12 rings (SSSR count). The molecule has 12 aromatic carbocycles. The van der Waals surface area contributed by atoms with Crippen LogP contribution in [0.2, 0.25) is 0 Å².